The molecule has 0 aliphatic carbocycles. The fraction of sp³-hybridized carbons (Fsp3) is 0.529. The zero-order valence-corrected chi connectivity index (χ0v) is 16.2. The number of aromatic nitrogens is 3. The maximum atomic E-state index is 5.58. The van der Waals surface area contributed by atoms with E-state index in [0.717, 1.165) is 68.1 Å². The van der Waals surface area contributed by atoms with Gasteiger partial charge < -0.3 is 15.1 Å². The molecular formula is C17H24N6S2. The molecule has 8 heteroatoms. The normalized spacial score (nSPS) is 15.1. The maximum absolute atomic E-state index is 5.58. The van der Waals surface area contributed by atoms with Crippen LogP contribution in [0.25, 0.3) is 0 Å². The molecule has 25 heavy (non-hydrogen) atoms. The third-order valence-corrected chi connectivity index (χ3v) is 5.46. The molecule has 0 unspecified atom stereocenters. The fourth-order valence-corrected chi connectivity index (χ4v) is 3.89. The Balaban J connectivity index is 1.46. The average molecular weight is 377 g/mol. The van der Waals surface area contributed by atoms with Gasteiger partial charge in [-0.1, -0.05) is 13.0 Å². The number of pyridine rings is 1. The Kier molecular flexibility index (Phi) is 6.52. The minimum absolute atomic E-state index is 0.834. The van der Waals surface area contributed by atoms with E-state index in [1.807, 2.05) is 12.3 Å². The van der Waals surface area contributed by atoms with Gasteiger partial charge in [0.05, 0.1) is 0 Å². The van der Waals surface area contributed by atoms with Crippen LogP contribution in [0, 0.1) is 0 Å². The molecule has 134 valence electrons. The molecule has 0 spiro atoms. The van der Waals surface area contributed by atoms with Gasteiger partial charge in [-0.15, -0.1) is 0 Å². The molecule has 0 saturated carbocycles. The Morgan fingerprint density at radius 1 is 1.32 bits per heavy atom. The van der Waals surface area contributed by atoms with Crippen molar-refractivity contribution in [3.05, 3.63) is 35.9 Å². The van der Waals surface area contributed by atoms with Crippen LogP contribution in [-0.4, -0.2) is 57.1 Å². The highest BCUT2D eigenvalue weighted by molar-refractivity contribution is 7.80. The molecule has 6 nitrogen and oxygen atoms in total. The van der Waals surface area contributed by atoms with Gasteiger partial charge in [0.1, 0.15) is 5.82 Å². The van der Waals surface area contributed by atoms with Crippen LogP contribution in [0.2, 0.25) is 0 Å². The summed E-state index contributed by atoms with van der Waals surface area (Å²) in [4.78, 5) is 13.3. The fourth-order valence-electron chi connectivity index (χ4n) is 2.80. The summed E-state index contributed by atoms with van der Waals surface area (Å²) in [6, 6.07) is 4.06. The SMILES string of the molecule is CCc1nsc(N2CCCN(C(=S)NCCc3cccnc3)CC2)n1. The highest BCUT2D eigenvalue weighted by Crippen LogP contribution is 2.19. The van der Waals surface area contributed by atoms with Crippen molar-refractivity contribution < 1.29 is 0 Å². The lowest BCUT2D eigenvalue weighted by molar-refractivity contribution is 0.440. The van der Waals surface area contributed by atoms with E-state index in [4.69, 9.17) is 12.2 Å². The molecule has 2 aromatic heterocycles. The topological polar surface area (TPSA) is 57.2 Å². The first-order valence-electron chi connectivity index (χ1n) is 8.75. The molecule has 1 aliphatic rings. The summed E-state index contributed by atoms with van der Waals surface area (Å²) in [7, 11) is 0. The number of aryl methyl sites for hydroxylation is 1. The highest BCUT2D eigenvalue weighted by atomic mass is 32.1. The first kappa shape index (κ1) is 18.0. The molecule has 0 amide bonds. The highest BCUT2D eigenvalue weighted by Gasteiger charge is 2.19. The van der Waals surface area contributed by atoms with E-state index in [1.54, 1.807) is 6.20 Å². The zero-order valence-electron chi connectivity index (χ0n) is 14.5. The van der Waals surface area contributed by atoms with Crippen LogP contribution < -0.4 is 10.2 Å². The van der Waals surface area contributed by atoms with Gasteiger partial charge >= 0.3 is 0 Å². The van der Waals surface area contributed by atoms with E-state index in [2.05, 4.69) is 42.4 Å². The Bertz CT molecular complexity index is 675. The van der Waals surface area contributed by atoms with Crippen molar-refractivity contribution in [3.8, 4) is 0 Å². The van der Waals surface area contributed by atoms with Crippen molar-refractivity contribution in [3.63, 3.8) is 0 Å². The summed E-state index contributed by atoms with van der Waals surface area (Å²) in [5.74, 6) is 0.939. The predicted molar refractivity (Wildman–Crippen MR) is 106 cm³/mol. The first-order chi connectivity index (χ1) is 12.3. The van der Waals surface area contributed by atoms with E-state index in [9.17, 15) is 0 Å². The summed E-state index contributed by atoms with van der Waals surface area (Å²) >= 11 is 7.09. The van der Waals surface area contributed by atoms with Gasteiger partial charge in [0, 0.05) is 63.1 Å². The van der Waals surface area contributed by atoms with Crippen molar-refractivity contribution in [2.75, 3.05) is 37.6 Å². The number of anilines is 1. The van der Waals surface area contributed by atoms with Crippen molar-refractivity contribution in [1.82, 2.24) is 24.6 Å². The van der Waals surface area contributed by atoms with Gasteiger partial charge in [0.25, 0.3) is 0 Å². The second kappa shape index (κ2) is 9.05. The number of hydrogen-bond acceptors (Lipinski definition) is 6. The van der Waals surface area contributed by atoms with E-state index in [0.29, 0.717) is 0 Å². The van der Waals surface area contributed by atoms with E-state index >= 15 is 0 Å². The van der Waals surface area contributed by atoms with Gasteiger partial charge in [-0.25, -0.2) is 4.98 Å². The molecule has 0 atom stereocenters. The van der Waals surface area contributed by atoms with Crippen molar-refractivity contribution >= 4 is 34.0 Å². The summed E-state index contributed by atoms with van der Waals surface area (Å²) in [6.07, 6.45) is 6.60. The molecule has 1 aliphatic heterocycles. The van der Waals surface area contributed by atoms with E-state index in [-0.39, 0.29) is 0 Å². The monoisotopic (exact) mass is 376 g/mol. The third-order valence-electron chi connectivity index (χ3n) is 4.24. The minimum Gasteiger partial charge on any atom is -0.362 e. The molecule has 1 fully saturated rings. The lowest BCUT2D eigenvalue weighted by atomic mass is 10.2. The van der Waals surface area contributed by atoms with Gasteiger partial charge in [-0.2, -0.15) is 4.37 Å². The number of thiocarbonyl (C=S) groups is 1. The zero-order chi connectivity index (χ0) is 17.5. The van der Waals surface area contributed by atoms with Crippen molar-refractivity contribution in [2.45, 2.75) is 26.2 Å². The standard InChI is InChI=1S/C17H24N6S2/c1-2-15-20-17(25-21-15)23-10-4-9-22(11-12-23)16(24)19-8-6-14-5-3-7-18-13-14/h3,5,7,13H,2,4,6,8-12H2,1H3,(H,19,24). The Labute approximate surface area is 158 Å². The Morgan fingerprint density at radius 3 is 3.00 bits per heavy atom. The number of nitrogens with zero attached hydrogens (tertiary/aromatic N) is 5. The van der Waals surface area contributed by atoms with Crippen LogP contribution in [0.4, 0.5) is 5.13 Å². The van der Waals surface area contributed by atoms with E-state index < -0.39 is 0 Å². The van der Waals surface area contributed by atoms with Crippen LogP contribution in [0.3, 0.4) is 0 Å². The van der Waals surface area contributed by atoms with Gasteiger partial charge in [0.2, 0.25) is 5.13 Å². The summed E-state index contributed by atoms with van der Waals surface area (Å²) < 4.78 is 4.40. The lowest BCUT2D eigenvalue weighted by Crippen LogP contribution is -2.42. The number of nitrogens with one attached hydrogen (secondary N) is 1. The van der Waals surface area contributed by atoms with Crippen molar-refractivity contribution in [1.29, 1.82) is 0 Å². The summed E-state index contributed by atoms with van der Waals surface area (Å²) in [5.41, 5.74) is 1.22. The number of hydrogen-bond donors (Lipinski definition) is 1. The number of rotatable bonds is 5. The van der Waals surface area contributed by atoms with E-state index in [1.165, 1.54) is 17.1 Å². The Hall–Kier alpha value is -1.80. The predicted octanol–water partition coefficient (Wildman–Crippen LogP) is 2.12. The van der Waals surface area contributed by atoms with Crippen LogP contribution in [0.15, 0.2) is 24.5 Å². The maximum Gasteiger partial charge on any atom is 0.205 e. The largest absolute Gasteiger partial charge is 0.362 e. The lowest BCUT2D eigenvalue weighted by Gasteiger charge is -2.24. The summed E-state index contributed by atoms with van der Waals surface area (Å²) in [6.45, 7) is 6.76. The second-order valence-corrected chi connectivity index (χ2v) is 7.13. The average Bonchev–Trinajstić information content (AvgIpc) is 2.99. The molecule has 1 saturated heterocycles. The van der Waals surface area contributed by atoms with Gasteiger partial charge in [-0.3, -0.25) is 4.98 Å². The van der Waals surface area contributed by atoms with Gasteiger partial charge in [0.15, 0.2) is 5.11 Å². The molecule has 0 aromatic carbocycles. The molecule has 3 rings (SSSR count). The second-order valence-electron chi connectivity index (χ2n) is 6.02. The van der Waals surface area contributed by atoms with Crippen LogP contribution in [-0.2, 0) is 12.8 Å². The van der Waals surface area contributed by atoms with Crippen LogP contribution >= 0.6 is 23.8 Å². The van der Waals surface area contributed by atoms with Gasteiger partial charge in [-0.05, 0) is 36.7 Å². The Morgan fingerprint density at radius 2 is 2.24 bits per heavy atom. The molecule has 0 radical (unpaired) electrons. The third kappa shape index (κ3) is 5.09. The summed E-state index contributed by atoms with van der Waals surface area (Å²) in [5, 5.41) is 5.26. The molecular weight excluding hydrogens is 352 g/mol. The molecule has 2 aromatic rings. The smallest absolute Gasteiger partial charge is 0.205 e. The minimum atomic E-state index is 0.834. The molecule has 1 N–H and O–H groups in total. The van der Waals surface area contributed by atoms with Crippen molar-refractivity contribution in [2.24, 2.45) is 0 Å². The van der Waals surface area contributed by atoms with Crippen LogP contribution in [0.1, 0.15) is 24.7 Å². The molecule has 3 heterocycles. The van der Waals surface area contributed by atoms with Crippen LogP contribution in [0.5, 0.6) is 0 Å². The quantitative estimate of drug-likeness (QED) is 0.802. The molecule has 0 bridgehead atoms. The first-order valence-corrected chi connectivity index (χ1v) is 9.93.